The SMILES string of the molecule is CN(C(=O)Cc1cccc(OCc2cccnc2)c1)c1nccs1. The van der Waals surface area contributed by atoms with E-state index >= 15 is 0 Å². The second-order valence-corrected chi connectivity index (χ2v) is 6.11. The highest BCUT2D eigenvalue weighted by Gasteiger charge is 2.13. The normalized spacial score (nSPS) is 10.4. The molecular formula is C18H17N3O2S. The number of carbonyl (C=O) groups is 1. The molecule has 0 saturated carbocycles. The fourth-order valence-electron chi connectivity index (χ4n) is 2.18. The van der Waals surface area contributed by atoms with Crippen LogP contribution >= 0.6 is 11.3 Å². The summed E-state index contributed by atoms with van der Waals surface area (Å²) in [5, 5.41) is 2.55. The largest absolute Gasteiger partial charge is 0.489 e. The number of ether oxygens (including phenoxy) is 1. The van der Waals surface area contributed by atoms with E-state index < -0.39 is 0 Å². The minimum absolute atomic E-state index is 0.00522. The fourth-order valence-corrected chi connectivity index (χ4v) is 2.80. The van der Waals surface area contributed by atoms with Crippen molar-refractivity contribution in [3.8, 4) is 5.75 Å². The van der Waals surface area contributed by atoms with E-state index in [0.29, 0.717) is 18.2 Å². The lowest BCUT2D eigenvalue weighted by atomic mass is 10.1. The summed E-state index contributed by atoms with van der Waals surface area (Å²) in [6, 6.07) is 11.4. The van der Waals surface area contributed by atoms with Gasteiger partial charge < -0.3 is 4.74 Å². The summed E-state index contributed by atoms with van der Waals surface area (Å²) in [5.41, 5.74) is 1.91. The smallest absolute Gasteiger partial charge is 0.232 e. The second-order valence-electron chi connectivity index (χ2n) is 5.24. The molecule has 2 aromatic heterocycles. The van der Waals surface area contributed by atoms with Gasteiger partial charge in [-0.15, -0.1) is 11.3 Å². The number of nitrogens with zero attached hydrogens (tertiary/aromatic N) is 3. The van der Waals surface area contributed by atoms with Crippen LogP contribution in [0, 0.1) is 0 Å². The lowest BCUT2D eigenvalue weighted by molar-refractivity contribution is -0.117. The number of pyridine rings is 1. The number of hydrogen-bond acceptors (Lipinski definition) is 5. The summed E-state index contributed by atoms with van der Waals surface area (Å²) in [5.74, 6) is 0.732. The highest BCUT2D eigenvalue weighted by molar-refractivity contribution is 7.13. The molecule has 122 valence electrons. The van der Waals surface area contributed by atoms with Gasteiger partial charge in [0.1, 0.15) is 12.4 Å². The summed E-state index contributed by atoms with van der Waals surface area (Å²) in [4.78, 5) is 22.1. The first kappa shape index (κ1) is 16.1. The van der Waals surface area contributed by atoms with Gasteiger partial charge in [0.05, 0.1) is 6.42 Å². The summed E-state index contributed by atoms with van der Waals surface area (Å²) < 4.78 is 5.77. The number of amides is 1. The Labute approximate surface area is 144 Å². The Kier molecular flexibility index (Phi) is 5.18. The van der Waals surface area contributed by atoms with Crippen molar-refractivity contribution in [1.82, 2.24) is 9.97 Å². The van der Waals surface area contributed by atoms with E-state index in [-0.39, 0.29) is 5.91 Å². The van der Waals surface area contributed by atoms with E-state index in [1.165, 1.54) is 11.3 Å². The van der Waals surface area contributed by atoms with Crippen molar-refractivity contribution in [2.24, 2.45) is 0 Å². The minimum atomic E-state index is -0.00522. The van der Waals surface area contributed by atoms with Crippen molar-refractivity contribution in [2.75, 3.05) is 11.9 Å². The molecule has 0 saturated heterocycles. The van der Waals surface area contributed by atoms with Crippen molar-refractivity contribution in [3.05, 3.63) is 71.5 Å². The summed E-state index contributed by atoms with van der Waals surface area (Å²) in [6.07, 6.45) is 5.50. The van der Waals surface area contributed by atoms with Gasteiger partial charge in [0.15, 0.2) is 5.13 Å². The first-order chi connectivity index (χ1) is 11.7. The van der Waals surface area contributed by atoms with Gasteiger partial charge in [0.2, 0.25) is 5.91 Å². The van der Waals surface area contributed by atoms with Gasteiger partial charge in [-0.1, -0.05) is 18.2 Å². The molecule has 5 nitrogen and oxygen atoms in total. The first-order valence-electron chi connectivity index (χ1n) is 7.49. The van der Waals surface area contributed by atoms with Crippen LogP contribution in [0.3, 0.4) is 0 Å². The number of aromatic nitrogens is 2. The van der Waals surface area contributed by atoms with E-state index in [4.69, 9.17) is 4.74 Å². The number of rotatable bonds is 6. The Hall–Kier alpha value is -2.73. The van der Waals surface area contributed by atoms with Crippen molar-refractivity contribution in [2.45, 2.75) is 13.0 Å². The third-order valence-corrected chi connectivity index (χ3v) is 4.31. The van der Waals surface area contributed by atoms with Gasteiger partial charge in [-0.2, -0.15) is 0 Å². The molecule has 0 spiro atoms. The Morgan fingerprint density at radius 1 is 1.21 bits per heavy atom. The summed E-state index contributed by atoms with van der Waals surface area (Å²) >= 11 is 1.44. The third kappa shape index (κ3) is 4.17. The molecule has 0 aliphatic rings. The van der Waals surface area contributed by atoms with Crippen LogP contribution in [-0.2, 0) is 17.8 Å². The van der Waals surface area contributed by atoms with Crippen molar-refractivity contribution >= 4 is 22.4 Å². The highest BCUT2D eigenvalue weighted by atomic mass is 32.1. The van der Waals surface area contributed by atoms with E-state index in [9.17, 15) is 4.79 Å². The van der Waals surface area contributed by atoms with Crippen LogP contribution in [0.15, 0.2) is 60.4 Å². The van der Waals surface area contributed by atoms with Crippen LogP contribution in [0.1, 0.15) is 11.1 Å². The van der Waals surface area contributed by atoms with Gasteiger partial charge in [-0.05, 0) is 23.8 Å². The molecule has 3 rings (SSSR count). The van der Waals surface area contributed by atoms with Crippen molar-refractivity contribution < 1.29 is 9.53 Å². The van der Waals surface area contributed by atoms with Crippen LogP contribution in [0.2, 0.25) is 0 Å². The fraction of sp³-hybridized carbons (Fsp3) is 0.167. The van der Waals surface area contributed by atoms with Gasteiger partial charge in [-0.3, -0.25) is 14.7 Å². The Bertz CT molecular complexity index is 791. The molecular weight excluding hydrogens is 322 g/mol. The topological polar surface area (TPSA) is 55.3 Å². The Morgan fingerprint density at radius 2 is 2.08 bits per heavy atom. The van der Waals surface area contributed by atoms with Crippen LogP contribution in [0.4, 0.5) is 5.13 Å². The number of hydrogen-bond donors (Lipinski definition) is 0. The van der Waals surface area contributed by atoms with Crippen LogP contribution < -0.4 is 9.64 Å². The van der Waals surface area contributed by atoms with E-state index in [1.54, 1.807) is 30.5 Å². The molecule has 0 atom stereocenters. The minimum Gasteiger partial charge on any atom is -0.489 e. The molecule has 24 heavy (non-hydrogen) atoms. The average molecular weight is 339 g/mol. The monoisotopic (exact) mass is 339 g/mol. The number of anilines is 1. The second kappa shape index (κ2) is 7.70. The maximum Gasteiger partial charge on any atom is 0.232 e. The molecule has 3 aromatic rings. The number of likely N-dealkylation sites (N-methyl/N-ethyl adjacent to an activating group) is 1. The zero-order valence-corrected chi connectivity index (χ0v) is 14.1. The number of carbonyl (C=O) groups excluding carboxylic acids is 1. The summed E-state index contributed by atoms with van der Waals surface area (Å²) in [7, 11) is 1.74. The van der Waals surface area contributed by atoms with Crippen LogP contribution in [0.25, 0.3) is 0 Å². The predicted octanol–water partition coefficient (Wildman–Crippen LogP) is 3.32. The third-order valence-electron chi connectivity index (χ3n) is 3.46. The average Bonchev–Trinajstić information content (AvgIpc) is 3.15. The zero-order valence-electron chi connectivity index (χ0n) is 13.3. The maximum atomic E-state index is 12.3. The van der Waals surface area contributed by atoms with Gasteiger partial charge in [-0.25, -0.2) is 4.98 Å². The van der Waals surface area contributed by atoms with Gasteiger partial charge in [0, 0.05) is 36.6 Å². The standard InChI is InChI=1S/C18H17N3O2S/c1-21(18-20-8-9-24-18)17(22)11-14-4-2-6-16(10-14)23-13-15-5-3-7-19-12-15/h2-10,12H,11,13H2,1H3. The van der Waals surface area contributed by atoms with E-state index in [2.05, 4.69) is 9.97 Å². The molecule has 0 N–H and O–H groups in total. The molecule has 0 bridgehead atoms. The molecule has 0 aliphatic carbocycles. The lowest BCUT2D eigenvalue weighted by Gasteiger charge is -2.14. The molecule has 0 unspecified atom stereocenters. The molecule has 0 fully saturated rings. The van der Waals surface area contributed by atoms with E-state index in [1.807, 2.05) is 41.8 Å². The van der Waals surface area contributed by atoms with Crippen molar-refractivity contribution in [1.29, 1.82) is 0 Å². The molecule has 0 aliphatic heterocycles. The zero-order chi connectivity index (χ0) is 16.8. The Balaban J connectivity index is 1.61. The molecule has 6 heteroatoms. The van der Waals surface area contributed by atoms with Crippen LogP contribution in [0.5, 0.6) is 5.75 Å². The summed E-state index contributed by atoms with van der Waals surface area (Å²) in [6.45, 7) is 0.449. The van der Waals surface area contributed by atoms with Crippen molar-refractivity contribution in [3.63, 3.8) is 0 Å². The molecule has 1 aromatic carbocycles. The quantitative estimate of drug-likeness (QED) is 0.691. The lowest BCUT2D eigenvalue weighted by Crippen LogP contribution is -2.27. The first-order valence-corrected chi connectivity index (χ1v) is 8.37. The molecule has 2 heterocycles. The van der Waals surface area contributed by atoms with Crippen LogP contribution in [-0.4, -0.2) is 22.9 Å². The number of thiazole rings is 1. The molecule has 1 amide bonds. The molecule has 0 radical (unpaired) electrons. The Morgan fingerprint density at radius 3 is 2.83 bits per heavy atom. The number of benzene rings is 1. The van der Waals surface area contributed by atoms with Gasteiger partial charge >= 0.3 is 0 Å². The van der Waals surface area contributed by atoms with Gasteiger partial charge in [0.25, 0.3) is 0 Å². The van der Waals surface area contributed by atoms with E-state index in [0.717, 1.165) is 16.9 Å². The maximum absolute atomic E-state index is 12.3. The predicted molar refractivity (Wildman–Crippen MR) is 94.2 cm³/mol. The highest BCUT2D eigenvalue weighted by Crippen LogP contribution is 2.19.